The molecule has 0 bridgehead atoms. The number of hydrogen-bond donors (Lipinski definition) is 0. The van der Waals surface area contributed by atoms with Crippen molar-refractivity contribution in [1.29, 1.82) is 0 Å². The highest BCUT2D eigenvalue weighted by Crippen LogP contribution is 2.42. The summed E-state index contributed by atoms with van der Waals surface area (Å²) in [5.41, 5.74) is 9.36. The lowest BCUT2D eigenvalue weighted by molar-refractivity contribution is 0.669. The predicted octanol–water partition coefficient (Wildman–Crippen LogP) is 11.7. The lowest BCUT2D eigenvalue weighted by atomic mass is 9.85. The van der Waals surface area contributed by atoms with E-state index in [0.29, 0.717) is 17.5 Å². The first-order chi connectivity index (χ1) is 24.3. The zero-order chi connectivity index (χ0) is 32.3. The van der Waals surface area contributed by atoms with E-state index >= 15 is 0 Å². The van der Waals surface area contributed by atoms with Crippen LogP contribution in [0.25, 0.3) is 94.8 Å². The van der Waals surface area contributed by atoms with E-state index in [1.807, 2.05) is 72.8 Å². The van der Waals surface area contributed by atoms with Gasteiger partial charge in [0.15, 0.2) is 17.5 Å². The Bertz CT molecular complexity index is 2700. The lowest BCUT2D eigenvalue weighted by Gasteiger charge is -2.18. The molecule has 0 amide bonds. The molecule has 1 aliphatic carbocycles. The Labute approximate surface area is 283 Å². The molecule has 7 aromatic carbocycles. The molecule has 0 spiro atoms. The number of aromatic nitrogens is 3. The van der Waals surface area contributed by atoms with Crippen molar-refractivity contribution in [3.8, 4) is 45.3 Å². The predicted molar refractivity (Wildman–Crippen MR) is 201 cm³/mol. The van der Waals surface area contributed by atoms with E-state index in [0.717, 1.165) is 62.6 Å². The van der Waals surface area contributed by atoms with Gasteiger partial charge in [-0.3, -0.25) is 0 Å². The molecule has 1 aliphatic rings. The summed E-state index contributed by atoms with van der Waals surface area (Å²) in [6, 6.07) is 48.5. The molecule has 0 fully saturated rings. The van der Waals surface area contributed by atoms with Crippen molar-refractivity contribution in [2.45, 2.75) is 12.8 Å². The number of hydrogen-bond acceptors (Lipinski definition) is 4. The summed E-state index contributed by atoms with van der Waals surface area (Å²) in [7, 11) is 0. The third kappa shape index (κ3) is 4.56. The first kappa shape index (κ1) is 27.7. The molecule has 4 nitrogen and oxygen atoms in total. The molecule has 2 heterocycles. The molecule has 230 valence electrons. The minimum atomic E-state index is 0.608. The highest BCUT2D eigenvalue weighted by atomic mass is 16.3. The maximum absolute atomic E-state index is 6.56. The van der Waals surface area contributed by atoms with Gasteiger partial charge in [-0.2, -0.15) is 0 Å². The Kier molecular flexibility index (Phi) is 6.28. The van der Waals surface area contributed by atoms with Crippen LogP contribution in [-0.2, 0) is 6.42 Å². The van der Waals surface area contributed by atoms with Crippen LogP contribution < -0.4 is 0 Å². The highest BCUT2D eigenvalue weighted by molar-refractivity contribution is 6.15. The van der Waals surface area contributed by atoms with Gasteiger partial charge in [-0.15, -0.1) is 0 Å². The van der Waals surface area contributed by atoms with Crippen molar-refractivity contribution in [1.82, 2.24) is 15.0 Å². The van der Waals surface area contributed by atoms with Crippen LogP contribution >= 0.6 is 0 Å². The number of furan rings is 1. The zero-order valence-corrected chi connectivity index (χ0v) is 26.6. The molecular formula is C45H29N3O. The molecule has 0 unspecified atom stereocenters. The molecule has 4 heteroatoms. The quantitative estimate of drug-likeness (QED) is 0.182. The average Bonchev–Trinajstić information content (AvgIpc) is 3.57. The monoisotopic (exact) mass is 627 g/mol. The summed E-state index contributed by atoms with van der Waals surface area (Å²) < 4.78 is 6.56. The van der Waals surface area contributed by atoms with Crippen molar-refractivity contribution in [2.75, 3.05) is 0 Å². The summed E-state index contributed by atoms with van der Waals surface area (Å²) in [4.78, 5) is 15.2. The summed E-state index contributed by atoms with van der Waals surface area (Å²) in [6.45, 7) is 0. The molecule has 10 rings (SSSR count). The number of aryl methyl sites for hydroxylation is 1. The fraction of sp³-hybridized carbons (Fsp3) is 0.0444. The summed E-state index contributed by atoms with van der Waals surface area (Å²) in [6.07, 6.45) is 6.75. The van der Waals surface area contributed by atoms with Crippen molar-refractivity contribution in [2.24, 2.45) is 0 Å². The third-order valence-electron chi connectivity index (χ3n) is 9.77. The average molecular weight is 628 g/mol. The van der Waals surface area contributed by atoms with Gasteiger partial charge in [-0.1, -0.05) is 127 Å². The zero-order valence-electron chi connectivity index (χ0n) is 26.6. The molecular weight excluding hydrogens is 599 g/mol. The third-order valence-corrected chi connectivity index (χ3v) is 9.77. The molecule has 0 saturated carbocycles. The fourth-order valence-electron chi connectivity index (χ4n) is 7.49. The standard InChI is InChI=1S/C45H29N3O/c1-3-13-28(14-4-1)43-46-44(29-15-5-2-6-16-29)48-45(47-43)39-26-31(27-41-42(39)37-21-11-12-22-40(37)49-41)30-23-24-36-34-19-8-7-17-32(34)33-18-9-10-20-35(33)38(36)25-30/h1-6,8-16,18-27H,7,17H2. The van der Waals surface area contributed by atoms with E-state index in [-0.39, 0.29) is 0 Å². The van der Waals surface area contributed by atoms with Crippen LogP contribution in [-0.4, -0.2) is 15.0 Å². The number of benzene rings is 7. The van der Waals surface area contributed by atoms with Crippen LogP contribution in [0.2, 0.25) is 0 Å². The summed E-state index contributed by atoms with van der Waals surface area (Å²) in [5.74, 6) is 1.87. The minimum Gasteiger partial charge on any atom is -0.456 e. The second-order valence-electron chi connectivity index (χ2n) is 12.7. The molecule has 0 radical (unpaired) electrons. The molecule has 2 aromatic heterocycles. The second kappa shape index (κ2) is 11.1. The second-order valence-corrected chi connectivity index (χ2v) is 12.7. The smallest absolute Gasteiger partial charge is 0.164 e. The van der Waals surface area contributed by atoms with Crippen molar-refractivity contribution in [3.05, 3.63) is 157 Å². The van der Waals surface area contributed by atoms with Gasteiger partial charge in [0, 0.05) is 27.5 Å². The number of allylic oxidation sites excluding steroid dienone is 1. The van der Waals surface area contributed by atoms with Gasteiger partial charge >= 0.3 is 0 Å². The van der Waals surface area contributed by atoms with Gasteiger partial charge in [0.1, 0.15) is 11.2 Å². The van der Waals surface area contributed by atoms with Gasteiger partial charge < -0.3 is 4.42 Å². The Balaban J connectivity index is 1.26. The molecule has 0 saturated heterocycles. The molecule has 0 N–H and O–H groups in total. The van der Waals surface area contributed by atoms with Crippen LogP contribution in [0, 0.1) is 0 Å². The Morgan fingerprint density at radius 1 is 0.449 bits per heavy atom. The van der Waals surface area contributed by atoms with E-state index in [2.05, 4.69) is 78.9 Å². The van der Waals surface area contributed by atoms with Crippen LogP contribution in [0.4, 0.5) is 0 Å². The van der Waals surface area contributed by atoms with Gasteiger partial charge in [-0.25, -0.2) is 15.0 Å². The SMILES string of the molecule is C1=Cc2c(c3ccccc3c3cc(-c4cc(-c5nc(-c6ccccc6)nc(-c6ccccc6)n5)c5c(c4)oc4ccccc45)ccc23)CC1. The Morgan fingerprint density at radius 3 is 1.86 bits per heavy atom. The molecule has 9 aromatic rings. The normalized spacial score (nSPS) is 12.7. The first-order valence-corrected chi connectivity index (χ1v) is 16.8. The fourth-order valence-corrected chi connectivity index (χ4v) is 7.49. The van der Waals surface area contributed by atoms with E-state index in [4.69, 9.17) is 19.4 Å². The summed E-state index contributed by atoms with van der Waals surface area (Å²) in [5, 5.41) is 7.19. The molecule has 0 aliphatic heterocycles. The topological polar surface area (TPSA) is 51.8 Å². The minimum absolute atomic E-state index is 0.608. The van der Waals surface area contributed by atoms with E-state index in [1.165, 1.54) is 32.7 Å². The van der Waals surface area contributed by atoms with Gasteiger partial charge in [0.25, 0.3) is 0 Å². The maximum atomic E-state index is 6.56. The number of fused-ring (bicyclic) bond motifs is 9. The maximum Gasteiger partial charge on any atom is 0.164 e. The van der Waals surface area contributed by atoms with Crippen LogP contribution in [0.3, 0.4) is 0 Å². The summed E-state index contributed by atoms with van der Waals surface area (Å²) >= 11 is 0. The van der Waals surface area contributed by atoms with Gasteiger partial charge in [0.05, 0.1) is 0 Å². The van der Waals surface area contributed by atoms with Crippen LogP contribution in [0.1, 0.15) is 17.5 Å². The highest BCUT2D eigenvalue weighted by Gasteiger charge is 2.21. The van der Waals surface area contributed by atoms with Crippen molar-refractivity contribution >= 4 is 49.6 Å². The number of rotatable bonds is 4. The number of nitrogens with zero attached hydrogens (tertiary/aromatic N) is 3. The van der Waals surface area contributed by atoms with E-state index in [1.54, 1.807) is 0 Å². The van der Waals surface area contributed by atoms with Gasteiger partial charge in [0.2, 0.25) is 0 Å². The molecule has 49 heavy (non-hydrogen) atoms. The lowest BCUT2D eigenvalue weighted by Crippen LogP contribution is -2.00. The van der Waals surface area contributed by atoms with Gasteiger partial charge in [-0.05, 0) is 80.9 Å². The Hall–Kier alpha value is -6.39. The van der Waals surface area contributed by atoms with E-state index in [9.17, 15) is 0 Å². The van der Waals surface area contributed by atoms with Crippen molar-refractivity contribution < 1.29 is 4.42 Å². The van der Waals surface area contributed by atoms with E-state index < -0.39 is 0 Å². The first-order valence-electron chi connectivity index (χ1n) is 16.8. The number of para-hydroxylation sites is 1. The largest absolute Gasteiger partial charge is 0.456 e. The van der Waals surface area contributed by atoms with Crippen LogP contribution in [0.5, 0.6) is 0 Å². The molecule has 0 atom stereocenters. The Morgan fingerprint density at radius 2 is 1.10 bits per heavy atom. The van der Waals surface area contributed by atoms with Crippen LogP contribution in [0.15, 0.2) is 150 Å². The van der Waals surface area contributed by atoms with Crippen molar-refractivity contribution in [3.63, 3.8) is 0 Å².